The highest BCUT2D eigenvalue weighted by molar-refractivity contribution is 5.87. The molecule has 0 saturated carbocycles. The van der Waals surface area contributed by atoms with Crippen molar-refractivity contribution in [3.63, 3.8) is 0 Å². The Morgan fingerprint density at radius 3 is 1.47 bits per heavy atom. The predicted molar refractivity (Wildman–Crippen MR) is 219 cm³/mol. The molecule has 60 heavy (non-hydrogen) atoms. The summed E-state index contributed by atoms with van der Waals surface area (Å²) in [5.41, 5.74) is 4.69. The molecule has 6 rings (SSSR count). The summed E-state index contributed by atoms with van der Waals surface area (Å²) < 4.78 is 32.6. The lowest BCUT2D eigenvalue weighted by Gasteiger charge is -2.26. The second-order valence-electron chi connectivity index (χ2n) is 14.6. The molecule has 2 aromatic heterocycles. The Morgan fingerprint density at radius 1 is 0.667 bits per heavy atom. The Hall–Kier alpha value is -6.14. The normalized spacial score (nSPS) is 17.2. The minimum Gasteiger partial charge on any atom is -0.491 e. The molecule has 4 heterocycles. The van der Waals surface area contributed by atoms with Gasteiger partial charge in [-0.25, -0.2) is 19.6 Å². The lowest BCUT2D eigenvalue weighted by molar-refractivity contribution is -0.134. The molecule has 4 atom stereocenters. The smallest absolute Gasteiger partial charge is 0.407 e. The number of likely N-dealkylation sites (tertiary alicyclic amines) is 2. The summed E-state index contributed by atoms with van der Waals surface area (Å²) in [6, 6.07) is 9.69. The number of ether oxygens (including phenoxy) is 6. The standard InChI is InChI=1S/C42H54N8O10/c1-25(45-41(53)57-5)39(51)49-15-7-9-33(49)37-43-23-31(47-37)27-11-13-29(35(21-27)59-19-17-55-3)30-14-12-28(22-36(30)60-20-18-56-4)32-24-44-38(48-32)34-10-8-16-50(34)40(52)26(2)46-42(54)58-6/h11-14,21-26,33-34H,7-10,15-20H2,1-6H3,(H,43,47)(H,44,48)(H,45,53)(H,46,54). The quantitative estimate of drug-likeness (QED) is 0.104. The van der Waals surface area contributed by atoms with Gasteiger partial charge in [0.25, 0.3) is 0 Å². The number of carbonyl (C=O) groups excluding carboxylic acids is 4. The van der Waals surface area contributed by atoms with E-state index in [4.69, 9.17) is 18.9 Å². The predicted octanol–water partition coefficient (Wildman–Crippen LogP) is 5.00. The minimum absolute atomic E-state index is 0.213. The van der Waals surface area contributed by atoms with Gasteiger partial charge in [-0.1, -0.05) is 12.1 Å². The lowest BCUT2D eigenvalue weighted by atomic mass is 9.98. The van der Waals surface area contributed by atoms with Crippen molar-refractivity contribution >= 4 is 24.0 Å². The van der Waals surface area contributed by atoms with Crippen LogP contribution in [0.15, 0.2) is 48.8 Å². The molecule has 4 amide bonds. The number of hydrogen-bond acceptors (Lipinski definition) is 12. The Labute approximate surface area is 348 Å². The lowest BCUT2D eigenvalue weighted by Crippen LogP contribution is -2.46. The highest BCUT2D eigenvalue weighted by atomic mass is 16.5. The Bertz CT molecular complexity index is 1970. The third-order valence-electron chi connectivity index (χ3n) is 10.6. The number of amides is 4. The van der Waals surface area contributed by atoms with Gasteiger partial charge in [0.2, 0.25) is 11.8 Å². The maximum atomic E-state index is 13.3. The van der Waals surface area contributed by atoms with Crippen LogP contribution in [-0.4, -0.2) is 134 Å². The molecule has 4 aromatic rings. The number of imidazole rings is 2. The van der Waals surface area contributed by atoms with Crippen molar-refractivity contribution in [3.8, 4) is 45.1 Å². The van der Waals surface area contributed by atoms with Crippen molar-refractivity contribution < 1.29 is 47.6 Å². The van der Waals surface area contributed by atoms with E-state index in [1.807, 2.05) is 36.4 Å². The highest BCUT2D eigenvalue weighted by Crippen LogP contribution is 2.42. The van der Waals surface area contributed by atoms with Crippen LogP contribution in [-0.2, 0) is 28.5 Å². The SMILES string of the molecule is COCCOc1cc(-c2cnc(C3CCCN3C(=O)C(C)NC(=O)OC)[nH]2)ccc1-c1ccc(-c2cnc(C3CCCN3C(=O)C(C)NC(=O)OC)[nH]2)cc1OCCOC. The Morgan fingerprint density at radius 2 is 1.08 bits per heavy atom. The number of carbonyl (C=O) groups is 4. The summed E-state index contributed by atoms with van der Waals surface area (Å²) in [5.74, 6) is 2.06. The molecule has 18 nitrogen and oxygen atoms in total. The third-order valence-corrected chi connectivity index (χ3v) is 10.6. The molecule has 0 spiro atoms. The fraction of sp³-hybridized carbons (Fsp3) is 0.476. The number of methoxy groups -OCH3 is 4. The van der Waals surface area contributed by atoms with Crippen LogP contribution in [0.4, 0.5) is 9.59 Å². The maximum absolute atomic E-state index is 13.3. The zero-order valence-corrected chi connectivity index (χ0v) is 34.9. The maximum Gasteiger partial charge on any atom is 0.407 e. The molecule has 2 aromatic carbocycles. The minimum atomic E-state index is -0.755. The molecule has 0 aliphatic carbocycles. The highest BCUT2D eigenvalue weighted by Gasteiger charge is 2.36. The van der Waals surface area contributed by atoms with Gasteiger partial charge in [-0.3, -0.25) is 9.59 Å². The van der Waals surface area contributed by atoms with Crippen LogP contribution in [0.25, 0.3) is 33.6 Å². The summed E-state index contributed by atoms with van der Waals surface area (Å²) in [7, 11) is 5.74. The molecule has 322 valence electrons. The van der Waals surface area contributed by atoms with Gasteiger partial charge in [-0.05, 0) is 63.8 Å². The fourth-order valence-electron chi connectivity index (χ4n) is 7.56. The molecular weight excluding hydrogens is 777 g/mol. The first-order valence-electron chi connectivity index (χ1n) is 20.0. The van der Waals surface area contributed by atoms with Crippen LogP contribution in [0.2, 0.25) is 0 Å². The van der Waals surface area contributed by atoms with Crippen LogP contribution in [0, 0.1) is 0 Å². The molecular formula is C42H54N8O10. The van der Waals surface area contributed by atoms with Gasteiger partial charge in [0.05, 0.1) is 63.3 Å². The van der Waals surface area contributed by atoms with Crippen molar-refractivity contribution in [1.82, 2.24) is 40.4 Å². The molecule has 18 heteroatoms. The van der Waals surface area contributed by atoms with Crippen LogP contribution >= 0.6 is 0 Å². The summed E-state index contributed by atoms with van der Waals surface area (Å²) in [6.07, 6.45) is 5.21. The van der Waals surface area contributed by atoms with Crippen LogP contribution in [0.5, 0.6) is 11.5 Å². The second-order valence-corrected chi connectivity index (χ2v) is 14.6. The molecule has 4 unspecified atom stereocenters. The third kappa shape index (κ3) is 9.99. The van der Waals surface area contributed by atoms with E-state index in [1.54, 1.807) is 50.3 Å². The van der Waals surface area contributed by atoms with E-state index in [0.29, 0.717) is 62.7 Å². The summed E-state index contributed by atoms with van der Waals surface area (Å²) in [4.78, 5) is 69.8. The average molecular weight is 831 g/mol. The first kappa shape index (κ1) is 43.4. The van der Waals surface area contributed by atoms with E-state index in [9.17, 15) is 19.2 Å². The number of H-pyrrole nitrogens is 2. The number of benzene rings is 2. The molecule has 2 aliphatic rings. The molecule has 2 aliphatic heterocycles. The van der Waals surface area contributed by atoms with Crippen molar-refractivity contribution in [2.45, 2.75) is 63.7 Å². The first-order valence-corrected chi connectivity index (χ1v) is 20.0. The van der Waals surface area contributed by atoms with Crippen molar-refractivity contribution in [2.75, 3.05) is 68.0 Å². The van der Waals surface area contributed by atoms with Gasteiger partial charge in [0, 0.05) is 49.6 Å². The Kier molecular flexibility index (Phi) is 14.6. The average Bonchev–Trinajstić information content (AvgIpc) is 4.10. The number of hydrogen-bond donors (Lipinski definition) is 4. The second kappa shape index (κ2) is 20.2. The number of rotatable bonds is 17. The number of aromatic nitrogens is 4. The molecule has 2 fully saturated rings. The largest absolute Gasteiger partial charge is 0.491 e. The zero-order valence-electron chi connectivity index (χ0n) is 34.9. The summed E-state index contributed by atoms with van der Waals surface area (Å²) in [5, 5.41) is 5.12. The van der Waals surface area contributed by atoms with E-state index < -0.39 is 24.3 Å². The summed E-state index contributed by atoms with van der Waals surface area (Å²) in [6.45, 7) is 5.70. The molecule has 2 saturated heterocycles. The molecule has 4 N–H and O–H groups in total. The molecule has 0 bridgehead atoms. The Balaban J connectivity index is 1.27. The topological polar surface area (TPSA) is 212 Å². The summed E-state index contributed by atoms with van der Waals surface area (Å²) >= 11 is 0. The van der Waals surface area contributed by atoms with Crippen LogP contribution < -0.4 is 20.1 Å². The van der Waals surface area contributed by atoms with E-state index in [2.05, 4.69) is 40.0 Å². The number of nitrogens with one attached hydrogen (secondary N) is 4. The van der Waals surface area contributed by atoms with Gasteiger partial charge in [-0.2, -0.15) is 0 Å². The monoisotopic (exact) mass is 830 g/mol. The van der Waals surface area contributed by atoms with Gasteiger partial charge < -0.3 is 58.8 Å². The van der Waals surface area contributed by atoms with E-state index in [0.717, 1.165) is 59.3 Å². The van der Waals surface area contributed by atoms with Crippen molar-refractivity contribution in [1.29, 1.82) is 0 Å². The van der Waals surface area contributed by atoms with Crippen LogP contribution in [0.3, 0.4) is 0 Å². The number of nitrogens with zero attached hydrogens (tertiary/aromatic N) is 4. The number of alkyl carbamates (subject to hydrolysis) is 2. The van der Waals surface area contributed by atoms with E-state index in [1.165, 1.54) is 14.2 Å². The van der Waals surface area contributed by atoms with Gasteiger partial charge in [0.15, 0.2) is 0 Å². The first-order chi connectivity index (χ1) is 29.1. The van der Waals surface area contributed by atoms with Gasteiger partial charge in [-0.15, -0.1) is 0 Å². The van der Waals surface area contributed by atoms with Crippen molar-refractivity contribution in [2.24, 2.45) is 0 Å². The van der Waals surface area contributed by atoms with Gasteiger partial charge >= 0.3 is 12.2 Å². The zero-order chi connectivity index (χ0) is 42.8. The van der Waals surface area contributed by atoms with Crippen LogP contribution in [0.1, 0.15) is 63.3 Å². The van der Waals surface area contributed by atoms with Crippen molar-refractivity contribution in [3.05, 3.63) is 60.4 Å². The number of aromatic amines is 2. The fourth-order valence-corrected chi connectivity index (χ4v) is 7.56. The molecule has 0 radical (unpaired) electrons. The van der Waals surface area contributed by atoms with E-state index >= 15 is 0 Å². The van der Waals surface area contributed by atoms with Gasteiger partial charge in [0.1, 0.15) is 48.4 Å². The van der Waals surface area contributed by atoms with E-state index in [-0.39, 0.29) is 23.9 Å².